The Labute approximate surface area is 162 Å². The van der Waals surface area contributed by atoms with E-state index in [0.717, 1.165) is 10.5 Å². The fourth-order valence-electron chi connectivity index (χ4n) is 3.98. The molecule has 2 amide bonds. The molecule has 1 aromatic rings. The number of piperidine rings is 1. The summed E-state index contributed by atoms with van der Waals surface area (Å²) in [5.41, 5.74) is 1.13. The van der Waals surface area contributed by atoms with Crippen molar-refractivity contribution < 1.29 is 27.5 Å². The summed E-state index contributed by atoms with van der Waals surface area (Å²) in [6.45, 7) is 2.79. The normalized spacial score (nSPS) is 24.3. The molecule has 2 aliphatic heterocycles. The second-order valence-electron chi connectivity index (χ2n) is 7.57. The number of hydrogen-bond donors (Lipinski definition) is 0. The second kappa shape index (κ2) is 8.51. The summed E-state index contributed by atoms with van der Waals surface area (Å²) >= 11 is 0. The van der Waals surface area contributed by atoms with Gasteiger partial charge in [-0.3, -0.25) is 9.59 Å². The Balaban J connectivity index is 1.56. The first-order chi connectivity index (χ1) is 13.2. The lowest BCUT2D eigenvalue weighted by molar-refractivity contribution is -0.187. The molecule has 2 unspecified atom stereocenters. The quantitative estimate of drug-likeness (QED) is 0.787. The van der Waals surface area contributed by atoms with Gasteiger partial charge >= 0.3 is 12.1 Å². The molecule has 2 saturated heterocycles. The van der Waals surface area contributed by atoms with Crippen molar-refractivity contribution in [2.24, 2.45) is 5.92 Å². The minimum absolute atomic E-state index is 0.0396. The zero-order valence-corrected chi connectivity index (χ0v) is 15.8. The Bertz CT molecular complexity index is 688. The molecule has 0 aromatic heterocycles. The van der Waals surface area contributed by atoms with Crippen molar-refractivity contribution in [3.63, 3.8) is 0 Å². The Kier molecular flexibility index (Phi) is 6.27. The van der Waals surface area contributed by atoms with Gasteiger partial charge in [0, 0.05) is 38.5 Å². The highest BCUT2D eigenvalue weighted by Gasteiger charge is 2.44. The van der Waals surface area contributed by atoms with Gasteiger partial charge in [0.25, 0.3) is 0 Å². The Morgan fingerprint density at radius 3 is 2.32 bits per heavy atom. The first kappa shape index (κ1) is 20.6. The highest BCUT2D eigenvalue weighted by Crippen LogP contribution is 2.26. The monoisotopic (exact) mass is 398 g/mol. The summed E-state index contributed by atoms with van der Waals surface area (Å²) in [7, 11) is 0. The molecule has 0 bridgehead atoms. The lowest BCUT2D eigenvalue weighted by atomic mass is 9.94. The molecule has 0 radical (unpaired) electrons. The van der Waals surface area contributed by atoms with E-state index in [0.29, 0.717) is 19.5 Å². The maximum absolute atomic E-state index is 12.9. The van der Waals surface area contributed by atoms with Crippen LogP contribution in [0.2, 0.25) is 0 Å². The third-order valence-electron chi connectivity index (χ3n) is 5.32. The van der Waals surface area contributed by atoms with E-state index in [1.54, 1.807) is 4.90 Å². The summed E-state index contributed by atoms with van der Waals surface area (Å²) in [5, 5.41) is 0. The standard InChI is InChI=1S/C20H25F3N2O3/c1-14-12-25(13-17(28-14)11-15-5-3-2-4-6-15)18(26)16-7-9-24(10-8-16)19(27)20(21,22)23/h2-6,14,16-17H,7-13H2,1H3. The molecule has 2 fully saturated rings. The SMILES string of the molecule is CC1CN(C(=O)C2CCN(C(=O)C(F)(F)F)CC2)CC(Cc2ccccc2)O1. The number of rotatable bonds is 3. The van der Waals surface area contributed by atoms with E-state index in [-0.39, 0.29) is 50.0 Å². The number of likely N-dealkylation sites (tertiary alicyclic amines) is 1. The summed E-state index contributed by atoms with van der Waals surface area (Å²) in [5.74, 6) is -2.21. The van der Waals surface area contributed by atoms with Crippen LogP contribution in [-0.4, -0.2) is 66.2 Å². The average Bonchev–Trinajstić information content (AvgIpc) is 2.66. The van der Waals surface area contributed by atoms with E-state index in [1.165, 1.54) is 0 Å². The van der Waals surface area contributed by atoms with Gasteiger partial charge in [-0.05, 0) is 25.3 Å². The van der Waals surface area contributed by atoms with Crippen LogP contribution >= 0.6 is 0 Å². The lowest BCUT2D eigenvalue weighted by Gasteiger charge is -2.40. The molecule has 5 nitrogen and oxygen atoms in total. The van der Waals surface area contributed by atoms with Crippen LogP contribution < -0.4 is 0 Å². The topological polar surface area (TPSA) is 49.9 Å². The predicted octanol–water partition coefficient (Wildman–Crippen LogP) is 2.65. The van der Waals surface area contributed by atoms with Gasteiger partial charge in [0.1, 0.15) is 0 Å². The number of hydrogen-bond acceptors (Lipinski definition) is 3. The number of amides is 2. The zero-order chi connectivity index (χ0) is 20.3. The molecule has 0 spiro atoms. The summed E-state index contributed by atoms with van der Waals surface area (Å²) in [4.78, 5) is 26.8. The van der Waals surface area contributed by atoms with Gasteiger partial charge in [-0.15, -0.1) is 0 Å². The van der Waals surface area contributed by atoms with Crippen molar-refractivity contribution >= 4 is 11.8 Å². The Morgan fingerprint density at radius 2 is 1.71 bits per heavy atom. The van der Waals surface area contributed by atoms with Crippen molar-refractivity contribution in [1.29, 1.82) is 0 Å². The Hall–Kier alpha value is -2.09. The van der Waals surface area contributed by atoms with Crippen LogP contribution in [0.4, 0.5) is 13.2 Å². The van der Waals surface area contributed by atoms with Crippen molar-refractivity contribution in [3.8, 4) is 0 Å². The first-order valence-corrected chi connectivity index (χ1v) is 9.58. The highest BCUT2D eigenvalue weighted by molar-refractivity contribution is 5.83. The largest absolute Gasteiger partial charge is 0.471 e. The van der Waals surface area contributed by atoms with Gasteiger partial charge in [-0.2, -0.15) is 13.2 Å². The third kappa shape index (κ3) is 5.04. The number of benzene rings is 1. The molecule has 8 heteroatoms. The van der Waals surface area contributed by atoms with E-state index in [9.17, 15) is 22.8 Å². The van der Waals surface area contributed by atoms with Gasteiger partial charge in [0.15, 0.2) is 0 Å². The number of ether oxygens (including phenoxy) is 1. The molecular formula is C20H25F3N2O3. The Morgan fingerprint density at radius 1 is 1.07 bits per heavy atom. The number of carbonyl (C=O) groups is 2. The van der Waals surface area contributed by atoms with E-state index >= 15 is 0 Å². The van der Waals surface area contributed by atoms with E-state index in [4.69, 9.17) is 4.74 Å². The molecule has 154 valence electrons. The summed E-state index contributed by atoms with van der Waals surface area (Å²) in [6.07, 6.45) is -3.85. The average molecular weight is 398 g/mol. The molecular weight excluding hydrogens is 373 g/mol. The zero-order valence-electron chi connectivity index (χ0n) is 15.8. The van der Waals surface area contributed by atoms with Crippen LogP contribution in [0.1, 0.15) is 25.3 Å². The minimum Gasteiger partial charge on any atom is -0.371 e. The number of alkyl halides is 3. The minimum atomic E-state index is -4.86. The fraction of sp³-hybridized carbons (Fsp3) is 0.600. The van der Waals surface area contributed by atoms with E-state index < -0.39 is 12.1 Å². The van der Waals surface area contributed by atoms with Gasteiger partial charge in [0.05, 0.1) is 12.2 Å². The number of halogens is 3. The predicted molar refractivity (Wildman–Crippen MR) is 96.4 cm³/mol. The van der Waals surface area contributed by atoms with Gasteiger partial charge < -0.3 is 14.5 Å². The van der Waals surface area contributed by atoms with E-state index in [1.807, 2.05) is 37.3 Å². The van der Waals surface area contributed by atoms with Crippen molar-refractivity contribution in [1.82, 2.24) is 9.80 Å². The molecule has 2 aliphatic rings. The van der Waals surface area contributed by atoms with Crippen molar-refractivity contribution in [2.75, 3.05) is 26.2 Å². The van der Waals surface area contributed by atoms with Crippen LogP contribution in [-0.2, 0) is 20.7 Å². The smallest absolute Gasteiger partial charge is 0.371 e. The lowest BCUT2D eigenvalue weighted by Crippen LogP contribution is -2.53. The first-order valence-electron chi connectivity index (χ1n) is 9.58. The van der Waals surface area contributed by atoms with Gasteiger partial charge in [-0.25, -0.2) is 0 Å². The van der Waals surface area contributed by atoms with Gasteiger partial charge in [-0.1, -0.05) is 30.3 Å². The van der Waals surface area contributed by atoms with Crippen LogP contribution in [0.15, 0.2) is 30.3 Å². The molecule has 0 aliphatic carbocycles. The van der Waals surface area contributed by atoms with Gasteiger partial charge in [0.2, 0.25) is 5.91 Å². The van der Waals surface area contributed by atoms with Crippen LogP contribution in [0.5, 0.6) is 0 Å². The maximum atomic E-state index is 12.9. The maximum Gasteiger partial charge on any atom is 0.471 e. The fourth-order valence-corrected chi connectivity index (χ4v) is 3.98. The van der Waals surface area contributed by atoms with Crippen LogP contribution in [0.3, 0.4) is 0 Å². The van der Waals surface area contributed by atoms with E-state index in [2.05, 4.69) is 0 Å². The summed E-state index contributed by atoms with van der Waals surface area (Å²) < 4.78 is 43.7. The molecule has 2 heterocycles. The molecule has 3 rings (SSSR count). The molecule has 2 atom stereocenters. The van der Waals surface area contributed by atoms with Crippen LogP contribution in [0, 0.1) is 5.92 Å². The third-order valence-corrected chi connectivity index (χ3v) is 5.32. The summed E-state index contributed by atoms with van der Waals surface area (Å²) in [6, 6.07) is 9.89. The molecule has 0 N–H and O–H groups in total. The van der Waals surface area contributed by atoms with Crippen LogP contribution in [0.25, 0.3) is 0 Å². The number of morpholine rings is 1. The number of carbonyl (C=O) groups excluding carboxylic acids is 2. The number of nitrogens with zero attached hydrogens (tertiary/aromatic N) is 2. The highest BCUT2D eigenvalue weighted by atomic mass is 19.4. The van der Waals surface area contributed by atoms with Crippen molar-refractivity contribution in [2.45, 2.75) is 44.6 Å². The molecule has 0 saturated carbocycles. The molecule has 1 aromatic carbocycles. The van der Waals surface area contributed by atoms with Crippen molar-refractivity contribution in [3.05, 3.63) is 35.9 Å². The molecule has 28 heavy (non-hydrogen) atoms. The second-order valence-corrected chi connectivity index (χ2v) is 7.57.